The maximum Gasteiger partial charge on any atom is 0.249 e. The molecule has 0 aromatic carbocycles. The molecule has 0 bridgehead atoms. The topological polar surface area (TPSA) is 44.9 Å². The minimum atomic E-state index is -0.0173. The molecule has 4 heteroatoms. The maximum atomic E-state index is 11.4. The van der Waals surface area contributed by atoms with Crippen LogP contribution in [0.15, 0.2) is 28.0 Å². The number of hydrogen-bond donors (Lipinski definition) is 2. The third-order valence-electron chi connectivity index (χ3n) is 2.47. The van der Waals surface area contributed by atoms with Gasteiger partial charge in [-0.05, 0) is 36.4 Å². The molecule has 0 fully saturated rings. The summed E-state index contributed by atoms with van der Waals surface area (Å²) < 4.78 is 0. The fourth-order valence-electron chi connectivity index (χ4n) is 1.70. The summed E-state index contributed by atoms with van der Waals surface area (Å²) in [7, 11) is 0. The number of pyridine rings is 1. The number of aromatic nitrogens is 1. The van der Waals surface area contributed by atoms with Crippen LogP contribution in [0.2, 0.25) is 0 Å². The van der Waals surface area contributed by atoms with Gasteiger partial charge >= 0.3 is 0 Å². The highest BCUT2D eigenvalue weighted by atomic mass is 32.2. The first kappa shape index (κ1) is 10.5. The van der Waals surface area contributed by atoms with Crippen LogP contribution in [0, 0.1) is 0 Å². The number of thioether (sulfide) groups is 1. The molecule has 1 aromatic heterocycles. The van der Waals surface area contributed by atoms with E-state index in [-0.39, 0.29) is 5.56 Å². The van der Waals surface area contributed by atoms with Crippen LogP contribution in [0.3, 0.4) is 0 Å². The molecule has 0 saturated heterocycles. The lowest BCUT2D eigenvalue weighted by atomic mass is 10.0. The van der Waals surface area contributed by atoms with Gasteiger partial charge in [0.15, 0.2) is 0 Å². The van der Waals surface area contributed by atoms with Gasteiger partial charge in [-0.25, -0.2) is 0 Å². The van der Waals surface area contributed by atoms with Crippen LogP contribution in [0.1, 0.15) is 12.0 Å². The maximum absolute atomic E-state index is 11.4. The summed E-state index contributed by atoms with van der Waals surface area (Å²) in [5.74, 6) is 0. The van der Waals surface area contributed by atoms with E-state index in [9.17, 15) is 4.79 Å². The van der Waals surface area contributed by atoms with Crippen molar-refractivity contribution in [3.63, 3.8) is 0 Å². The van der Waals surface area contributed by atoms with Crippen molar-refractivity contribution in [1.29, 1.82) is 0 Å². The molecule has 80 valence electrons. The lowest BCUT2D eigenvalue weighted by Crippen LogP contribution is -2.20. The molecule has 15 heavy (non-hydrogen) atoms. The summed E-state index contributed by atoms with van der Waals surface area (Å²) in [6.07, 6.45) is 5.12. The van der Waals surface area contributed by atoms with Crippen LogP contribution >= 0.6 is 11.8 Å². The zero-order valence-corrected chi connectivity index (χ0v) is 9.49. The number of nitrogens with one attached hydrogen (secondary N) is 2. The summed E-state index contributed by atoms with van der Waals surface area (Å²) in [4.78, 5) is 14.2. The van der Waals surface area contributed by atoms with Gasteiger partial charge in [0, 0.05) is 12.6 Å². The Morgan fingerprint density at radius 2 is 2.27 bits per heavy atom. The van der Waals surface area contributed by atoms with Crippen molar-refractivity contribution in [3.05, 3.63) is 34.1 Å². The monoisotopic (exact) mass is 222 g/mol. The predicted molar refractivity (Wildman–Crippen MR) is 64.3 cm³/mol. The van der Waals surface area contributed by atoms with Crippen molar-refractivity contribution in [2.24, 2.45) is 0 Å². The summed E-state index contributed by atoms with van der Waals surface area (Å²) in [6.45, 7) is 1.89. The third kappa shape index (κ3) is 2.52. The van der Waals surface area contributed by atoms with Crippen molar-refractivity contribution in [3.8, 4) is 0 Å². The fourth-order valence-corrected chi connectivity index (χ4v) is 2.15. The molecule has 1 aromatic rings. The molecule has 0 unspecified atom stereocenters. The fraction of sp³-hybridized carbons (Fsp3) is 0.364. The van der Waals surface area contributed by atoms with E-state index in [2.05, 4.69) is 16.4 Å². The molecule has 1 aliphatic heterocycles. The van der Waals surface area contributed by atoms with E-state index < -0.39 is 0 Å². The Kier molecular flexibility index (Phi) is 3.28. The number of rotatable bonds is 2. The highest BCUT2D eigenvalue weighted by Crippen LogP contribution is 2.21. The largest absolute Gasteiger partial charge is 0.317 e. The second-order valence-corrected chi connectivity index (χ2v) is 4.33. The van der Waals surface area contributed by atoms with Gasteiger partial charge in [-0.15, -0.1) is 11.8 Å². The normalized spacial score (nSPS) is 16.2. The summed E-state index contributed by atoms with van der Waals surface area (Å²) in [6, 6.07) is 3.72. The molecule has 0 radical (unpaired) electrons. The highest BCUT2D eigenvalue weighted by molar-refractivity contribution is 7.98. The molecule has 2 heterocycles. The van der Waals surface area contributed by atoms with Gasteiger partial charge in [-0.1, -0.05) is 6.08 Å². The first-order valence-electron chi connectivity index (χ1n) is 4.98. The molecule has 0 spiro atoms. The van der Waals surface area contributed by atoms with Crippen LogP contribution in [0.25, 0.3) is 5.57 Å². The van der Waals surface area contributed by atoms with Gasteiger partial charge in [0.05, 0.1) is 5.03 Å². The first-order valence-corrected chi connectivity index (χ1v) is 6.20. The zero-order chi connectivity index (χ0) is 10.7. The van der Waals surface area contributed by atoms with Crippen LogP contribution < -0.4 is 10.9 Å². The average Bonchev–Trinajstić information content (AvgIpc) is 2.29. The van der Waals surface area contributed by atoms with Crippen molar-refractivity contribution >= 4 is 17.3 Å². The second kappa shape index (κ2) is 4.68. The molecule has 2 rings (SSSR count). The lowest BCUT2D eigenvalue weighted by Gasteiger charge is -2.14. The first-order chi connectivity index (χ1) is 7.29. The van der Waals surface area contributed by atoms with Crippen molar-refractivity contribution in [1.82, 2.24) is 10.3 Å². The SMILES string of the molecule is CSc1cc(C2=CCNCC2)cc(=O)[nH]1. The van der Waals surface area contributed by atoms with Crippen LogP contribution in [0.4, 0.5) is 0 Å². The van der Waals surface area contributed by atoms with Crippen molar-refractivity contribution < 1.29 is 0 Å². The summed E-state index contributed by atoms with van der Waals surface area (Å²) in [5.41, 5.74) is 2.32. The molecule has 0 saturated carbocycles. The Hall–Kier alpha value is -1.00. The minimum Gasteiger partial charge on any atom is -0.317 e. The van der Waals surface area contributed by atoms with Gasteiger partial charge in [0.25, 0.3) is 0 Å². The van der Waals surface area contributed by atoms with Crippen LogP contribution in [-0.4, -0.2) is 24.3 Å². The molecule has 2 N–H and O–H groups in total. The van der Waals surface area contributed by atoms with Crippen LogP contribution in [0.5, 0.6) is 0 Å². The van der Waals surface area contributed by atoms with Crippen molar-refractivity contribution in [2.45, 2.75) is 11.4 Å². The number of aromatic amines is 1. The van der Waals surface area contributed by atoms with Crippen molar-refractivity contribution in [2.75, 3.05) is 19.3 Å². The van der Waals surface area contributed by atoms with Gasteiger partial charge in [0.1, 0.15) is 0 Å². The van der Waals surface area contributed by atoms with Gasteiger partial charge < -0.3 is 10.3 Å². The summed E-state index contributed by atoms with van der Waals surface area (Å²) in [5, 5.41) is 4.19. The Morgan fingerprint density at radius 3 is 2.93 bits per heavy atom. The summed E-state index contributed by atoms with van der Waals surface area (Å²) >= 11 is 1.56. The molecular weight excluding hydrogens is 208 g/mol. The Morgan fingerprint density at radius 1 is 1.40 bits per heavy atom. The molecule has 0 amide bonds. The van der Waals surface area contributed by atoms with Gasteiger partial charge in [-0.2, -0.15) is 0 Å². The molecule has 1 aliphatic rings. The van der Waals surface area contributed by atoms with E-state index in [1.54, 1.807) is 17.8 Å². The second-order valence-electron chi connectivity index (χ2n) is 3.49. The van der Waals surface area contributed by atoms with E-state index >= 15 is 0 Å². The lowest BCUT2D eigenvalue weighted by molar-refractivity contribution is 0.738. The third-order valence-corrected chi connectivity index (χ3v) is 3.13. The zero-order valence-electron chi connectivity index (χ0n) is 8.67. The molecular formula is C11H14N2OS. The van der Waals surface area contributed by atoms with E-state index in [1.165, 1.54) is 5.57 Å². The highest BCUT2D eigenvalue weighted by Gasteiger charge is 2.07. The smallest absolute Gasteiger partial charge is 0.249 e. The van der Waals surface area contributed by atoms with E-state index in [0.29, 0.717) is 0 Å². The molecule has 3 nitrogen and oxygen atoms in total. The predicted octanol–water partition coefficient (Wildman–Crippen LogP) is 1.47. The molecule has 0 atom stereocenters. The number of H-pyrrole nitrogens is 1. The minimum absolute atomic E-state index is 0.0173. The van der Waals surface area contributed by atoms with Gasteiger partial charge in [0.2, 0.25) is 5.56 Å². The standard InChI is InChI=1S/C11H14N2OS/c1-15-11-7-9(6-10(14)13-11)8-2-4-12-5-3-8/h2,6-7,12H,3-5H2,1H3,(H,13,14). The van der Waals surface area contributed by atoms with Gasteiger partial charge in [-0.3, -0.25) is 4.79 Å². The van der Waals surface area contributed by atoms with E-state index in [1.807, 2.05) is 12.3 Å². The quantitative estimate of drug-likeness (QED) is 0.745. The number of hydrogen-bond acceptors (Lipinski definition) is 3. The van der Waals surface area contributed by atoms with E-state index in [4.69, 9.17) is 0 Å². The van der Waals surface area contributed by atoms with E-state index in [0.717, 1.165) is 30.1 Å². The Labute approximate surface area is 93.0 Å². The Balaban J connectivity index is 2.38. The van der Waals surface area contributed by atoms with Crippen LogP contribution in [-0.2, 0) is 0 Å². The Bertz CT molecular complexity index is 436. The average molecular weight is 222 g/mol. The molecule has 0 aliphatic carbocycles.